The lowest BCUT2D eigenvalue weighted by molar-refractivity contribution is 0.532. The summed E-state index contributed by atoms with van der Waals surface area (Å²) in [5, 5.41) is 0. The number of nitrogens with zero attached hydrogens (tertiary/aromatic N) is 2. The van der Waals surface area contributed by atoms with Gasteiger partial charge in [0.2, 0.25) is 0 Å². The Morgan fingerprint density at radius 3 is 2.88 bits per heavy atom. The molecule has 0 unspecified atom stereocenters. The molecule has 0 bridgehead atoms. The number of rotatable bonds is 1. The second-order valence-electron chi connectivity index (χ2n) is 4.31. The number of hydrogen-bond donors (Lipinski definition) is 0. The standard InChI is InChI=1S/C13H12F2N2/c14-9-4-5-10(11(15)7-9)13-12-3-1-2-6-17(12)8-16-13/h4-5,7-8H,1-3,6H2. The molecule has 2 heterocycles. The number of halogens is 2. The molecule has 0 fully saturated rings. The third-order valence-corrected chi connectivity index (χ3v) is 3.20. The molecule has 1 aliphatic heterocycles. The molecule has 2 aromatic rings. The van der Waals surface area contributed by atoms with Crippen molar-refractivity contribution < 1.29 is 8.78 Å². The Balaban J connectivity index is 2.12. The third-order valence-electron chi connectivity index (χ3n) is 3.20. The molecular weight excluding hydrogens is 222 g/mol. The van der Waals surface area contributed by atoms with Gasteiger partial charge in [-0.1, -0.05) is 0 Å². The zero-order valence-corrected chi connectivity index (χ0v) is 9.29. The molecule has 1 aliphatic rings. The molecule has 0 amide bonds. The van der Waals surface area contributed by atoms with E-state index < -0.39 is 11.6 Å². The fourth-order valence-electron chi connectivity index (χ4n) is 2.34. The van der Waals surface area contributed by atoms with Crippen molar-refractivity contribution in [3.63, 3.8) is 0 Å². The molecule has 88 valence electrons. The van der Waals surface area contributed by atoms with Gasteiger partial charge in [-0.15, -0.1) is 0 Å². The van der Waals surface area contributed by atoms with Crippen LogP contribution in [0.1, 0.15) is 18.5 Å². The summed E-state index contributed by atoms with van der Waals surface area (Å²) >= 11 is 0. The molecule has 0 atom stereocenters. The molecule has 0 radical (unpaired) electrons. The lowest BCUT2D eigenvalue weighted by Crippen LogP contribution is -2.09. The van der Waals surface area contributed by atoms with Crippen LogP contribution in [0.15, 0.2) is 24.5 Å². The maximum atomic E-state index is 13.7. The maximum absolute atomic E-state index is 13.7. The fourth-order valence-corrected chi connectivity index (χ4v) is 2.34. The summed E-state index contributed by atoms with van der Waals surface area (Å²) in [6, 6.07) is 3.64. The fraction of sp³-hybridized carbons (Fsp3) is 0.308. The predicted octanol–water partition coefficient (Wildman–Crippen LogP) is 3.16. The van der Waals surface area contributed by atoms with Gasteiger partial charge in [0.15, 0.2) is 0 Å². The van der Waals surface area contributed by atoms with Crippen LogP contribution in [-0.4, -0.2) is 9.55 Å². The smallest absolute Gasteiger partial charge is 0.135 e. The van der Waals surface area contributed by atoms with Gasteiger partial charge >= 0.3 is 0 Å². The van der Waals surface area contributed by atoms with Crippen LogP contribution in [0.25, 0.3) is 11.3 Å². The van der Waals surface area contributed by atoms with Crippen molar-refractivity contribution in [3.8, 4) is 11.3 Å². The third kappa shape index (κ3) is 1.73. The average molecular weight is 234 g/mol. The van der Waals surface area contributed by atoms with Gasteiger partial charge in [0.1, 0.15) is 11.6 Å². The molecule has 3 rings (SSSR count). The van der Waals surface area contributed by atoms with Crippen molar-refractivity contribution in [1.82, 2.24) is 9.55 Å². The summed E-state index contributed by atoms with van der Waals surface area (Å²) in [4.78, 5) is 4.26. The highest BCUT2D eigenvalue weighted by molar-refractivity contribution is 5.62. The SMILES string of the molecule is Fc1ccc(-c2ncn3c2CCCC3)c(F)c1. The zero-order valence-electron chi connectivity index (χ0n) is 9.29. The number of aromatic nitrogens is 2. The van der Waals surface area contributed by atoms with Crippen molar-refractivity contribution in [3.05, 3.63) is 41.9 Å². The highest BCUT2D eigenvalue weighted by Crippen LogP contribution is 2.28. The molecule has 0 saturated carbocycles. The first kappa shape index (κ1) is 10.4. The van der Waals surface area contributed by atoms with E-state index in [2.05, 4.69) is 9.55 Å². The van der Waals surface area contributed by atoms with Gasteiger partial charge in [-0.05, 0) is 31.4 Å². The Bertz CT molecular complexity index is 561. The van der Waals surface area contributed by atoms with E-state index in [0.29, 0.717) is 11.3 Å². The van der Waals surface area contributed by atoms with E-state index in [9.17, 15) is 8.78 Å². The molecule has 1 aromatic carbocycles. The van der Waals surface area contributed by atoms with Gasteiger partial charge in [-0.3, -0.25) is 0 Å². The average Bonchev–Trinajstić information content (AvgIpc) is 2.73. The monoisotopic (exact) mass is 234 g/mol. The Morgan fingerprint density at radius 1 is 1.18 bits per heavy atom. The van der Waals surface area contributed by atoms with E-state index in [0.717, 1.165) is 37.6 Å². The summed E-state index contributed by atoms with van der Waals surface area (Å²) in [6.45, 7) is 0.936. The lowest BCUT2D eigenvalue weighted by atomic mass is 10.0. The van der Waals surface area contributed by atoms with Gasteiger partial charge in [-0.25, -0.2) is 13.8 Å². The highest BCUT2D eigenvalue weighted by atomic mass is 19.1. The van der Waals surface area contributed by atoms with Crippen LogP contribution in [-0.2, 0) is 13.0 Å². The molecular formula is C13H12F2N2. The van der Waals surface area contributed by atoms with Crippen molar-refractivity contribution in [2.45, 2.75) is 25.8 Å². The Hall–Kier alpha value is -1.71. The van der Waals surface area contributed by atoms with E-state index in [-0.39, 0.29) is 0 Å². The molecule has 0 N–H and O–H groups in total. The second-order valence-corrected chi connectivity index (χ2v) is 4.31. The van der Waals surface area contributed by atoms with Gasteiger partial charge in [0, 0.05) is 23.9 Å². The van der Waals surface area contributed by atoms with Gasteiger partial charge in [-0.2, -0.15) is 0 Å². The van der Waals surface area contributed by atoms with Crippen LogP contribution in [0.4, 0.5) is 8.78 Å². The van der Waals surface area contributed by atoms with E-state index in [1.54, 1.807) is 6.33 Å². The van der Waals surface area contributed by atoms with Gasteiger partial charge in [0.05, 0.1) is 12.0 Å². The van der Waals surface area contributed by atoms with E-state index in [4.69, 9.17) is 0 Å². The van der Waals surface area contributed by atoms with Crippen LogP contribution in [0, 0.1) is 11.6 Å². The predicted molar refractivity (Wildman–Crippen MR) is 60.5 cm³/mol. The van der Waals surface area contributed by atoms with Gasteiger partial charge in [0.25, 0.3) is 0 Å². The van der Waals surface area contributed by atoms with E-state index >= 15 is 0 Å². The minimum atomic E-state index is -0.556. The summed E-state index contributed by atoms with van der Waals surface area (Å²) in [6.07, 6.45) is 4.88. The quantitative estimate of drug-likeness (QED) is 0.741. The Kier molecular flexibility index (Phi) is 2.42. The Morgan fingerprint density at radius 2 is 2.06 bits per heavy atom. The lowest BCUT2D eigenvalue weighted by Gasteiger charge is -2.15. The summed E-state index contributed by atoms with van der Waals surface area (Å²) in [5.41, 5.74) is 2.10. The Labute approximate surface area is 97.9 Å². The molecule has 2 nitrogen and oxygen atoms in total. The zero-order chi connectivity index (χ0) is 11.8. The van der Waals surface area contributed by atoms with Crippen molar-refractivity contribution >= 4 is 0 Å². The van der Waals surface area contributed by atoms with Crippen LogP contribution in [0.3, 0.4) is 0 Å². The number of hydrogen-bond acceptors (Lipinski definition) is 1. The highest BCUT2D eigenvalue weighted by Gasteiger charge is 2.18. The van der Waals surface area contributed by atoms with Crippen molar-refractivity contribution in [1.29, 1.82) is 0 Å². The summed E-state index contributed by atoms with van der Waals surface area (Å²) in [7, 11) is 0. The van der Waals surface area contributed by atoms with E-state index in [1.807, 2.05) is 0 Å². The minimum absolute atomic E-state index is 0.391. The van der Waals surface area contributed by atoms with Crippen molar-refractivity contribution in [2.24, 2.45) is 0 Å². The number of benzene rings is 1. The van der Waals surface area contributed by atoms with Crippen LogP contribution in [0.2, 0.25) is 0 Å². The first-order valence-corrected chi connectivity index (χ1v) is 5.75. The summed E-state index contributed by atoms with van der Waals surface area (Å²) < 4.78 is 28.6. The summed E-state index contributed by atoms with van der Waals surface area (Å²) in [5.74, 6) is -1.10. The van der Waals surface area contributed by atoms with Crippen LogP contribution >= 0.6 is 0 Å². The minimum Gasteiger partial charge on any atom is -0.334 e. The van der Waals surface area contributed by atoms with Crippen LogP contribution < -0.4 is 0 Å². The molecule has 0 spiro atoms. The topological polar surface area (TPSA) is 17.8 Å². The van der Waals surface area contributed by atoms with Crippen molar-refractivity contribution in [2.75, 3.05) is 0 Å². The van der Waals surface area contributed by atoms with E-state index in [1.165, 1.54) is 12.1 Å². The second kappa shape index (κ2) is 3.95. The molecule has 1 aromatic heterocycles. The molecule has 0 saturated heterocycles. The molecule has 17 heavy (non-hydrogen) atoms. The number of fused-ring (bicyclic) bond motifs is 1. The first-order valence-electron chi connectivity index (χ1n) is 5.75. The van der Waals surface area contributed by atoms with Gasteiger partial charge < -0.3 is 4.57 Å². The maximum Gasteiger partial charge on any atom is 0.135 e. The molecule has 0 aliphatic carbocycles. The first-order chi connectivity index (χ1) is 8.25. The van der Waals surface area contributed by atoms with Crippen LogP contribution in [0.5, 0.6) is 0 Å². The number of aryl methyl sites for hydroxylation is 1. The normalized spacial score (nSPS) is 14.7. The largest absolute Gasteiger partial charge is 0.334 e. The molecule has 4 heteroatoms. The number of imidazole rings is 1.